The summed E-state index contributed by atoms with van der Waals surface area (Å²) in [7, 11) is 1.86. The van der Waals surface area contributed by atoms with Gasteiger partial charge in [0.05, 0.1) is 24.3 Å². The number of hydrogen-bond acceptors (Lipinski definition) is 5. The van der Waals surface area contributed by atoms with Gasteiger partial charge in [-0.3, -0.25) is 4.79 Å². The number of rotatable bonds is 3. The highest BCUT2D eigenvalue weighted by Crippen LogP contribution is 2.28. The highest BCUT2D eigenvalue weighted by atomic mass is 16.5. The average molecular weight is 320 g/mol. The maximum Gasteiger partial charge on any atom is 0.253 e. The van der Waals surface area contributed by atoms with E-state index in [9.17, 15) is 9.90 Å². The van der Waals surface area contributed by atoms with Crippen molar-refractivity contribution in [2.24, 2.45) is 7.05 Å². The topological polar surface area (TPSA) is 80.5 Å². The van der Waals surface area contributed by atoms with Crippen LogP contribution in [0.25, 0.3) is 0 Å². The monoisotopic (exact) mass is 320 g/mol. The number of likely N-dealkylation sites (tertiary alicyclic amines) is 1. The van der Waals surface area contributed by atoms with E-state index in [2.05, 4.69) is 10.2 Å². The van der Waals surface area contributed by atoms with Crippen LogP contribution in [-0.2, 0) is 23.0 Å². The van der Waals surface area contributed by atoms with E-state index in [1.807, 2.05) is 14.0 Å². The van der Waals surface area contributed by atoms with Gasteiger partial charge in [0.2, 0.25) is 0 Å². The van der Waals surface area contributed by atoms with E-state index in [-0.39, 0.29) is 5.91 Å². The highest BCUT2D eigenvalue weighted by molar-refractivity contribution is 5.94. The fraction of sp³-hybridized carbons (Fsp3) is 0.688. The third-order valence-corrected chi connectivity index (χ3v) is 4.71. The quantitative estimate of drug-likeness (QED) is 0.891. The molecule has 0 aromatic carbocycles. The number of aliphatic hydroxyl groups is 1. The molecule has 2 aliphatic heterocycles. The zero-order valence-corrected chi connectivity index (χ0v) is 13.8. The molecule has 0 saturated carbocycles. The fourth-order valence-corrected chi connectivity index (χ4v) is 3.38. The van der Waals surface area contributed by atoms with Crippen LogP contribution in [0.2, 0.25) is 0 Å². The Morgan fingerprint density at radius 3 is 3.00 bits per heavy atom. The molecule has 0 aliphatic carbocycles. The summed E-state index contributed by atoms with van der Waals surface area (Å²) in [5, 5.41) is 18.8. The Labute approximate surface area is 135 Å². The van der Waals surface area contributed by atoms with Crippen LogP contribution in [0.3, 0.4) is 0 Å². The second-order valence-corrected chi connectivity index (χ2v) is 6.58. The molecular formula is C16H24N4O3. The molecule has 0 bridgehead atoms. The first kappa shape index (κ1) is 16.0. The SMILES string of the molecule is CC1=C(C(=O)N2CCCC(O)(Cc3nncn3C)C2)CCCO1. The van der Waals surface area contributed by atoms with Gasteiger partial charge < -0.3 is 19.3 Å². The molecule has 3 heterocycles. The second-order valence-electron chi connectivity index (χ2n) is 6.58. The van der Waals surface area contributed by atoms with E-state index in [4.69, 9.17) is 4.74 Å². The lowest BCUT2D eigenvalue weighted by molar-refractivity contribution is -0.135. The molecule has 1 fully saturated rings. The molecule has 1 aromatic heterocycles. The Hall–Kier alpha value is -1.89. The van der Waals surface area contributed by atoms with Crippen molar-refractivity contribution in [2.75, 3.05) is 19.7 Å². The van der Waals surface area contributed by atoms with Gasteiger partial charge in [-0.25, -0.2) is 0 Å². The van der Waals surface area contributed by atoms with E-state index in [0.717, 1.165) is 36.4 Å². The van der Waals surface area contributed by atoms with Crippen molar-refractivity contribution >= 4 is 5.91 Å². The van der Waals surface area contributed by atoms with Crippen LogP contribution in [-0.4, -0.2) is 56.0 Å². The van der Waals surface area contributed by atoms with Gasteiger partial charge >= 0.3 is 0 Å². The lowest BCUT2D eigenvalue weighted by atomic mass is 9.88. The third kappa shape index (κ3) is 3.39. The molecule has 1 amide bonds. The minimum Gasteiger partial charge on any atom is -0.498 e. The average Bonchev–Trinajstić information content (AvgIpc) is 2.91. The van der Waals surface area contributed by atoms with Crippen LogP contribution in [0.5, 0.6) is 0 Å². The van der Waals surface area contributed by atoms with Gasteiger partial charge in [-0.2, -0.15) is 0 Å². The largest absolute Gasteiger partial charge is 0.498 e. The lowest BCUT2D eigenvalue weighted by Crippen LogP contribution is -2.52. The summed E-state index contributed by atoms with van der Waals surface area (Å²) in [5.41, 5.74) is -0.197. The van der Waals surface area contributed by atoms with Crippen LogP contribution in [0.4, 0.5) is 0 Å². The molecule has 126 valence electrons. The van der Waals surface area contributed by atoms with Gasteiger partial charge in [0.15, 0.2) is 0 Å². The molecule has 23 heavy (non-hydrogen) atoms. The van der Waals surface area contributed by atoms with E-state index >= 15 is 0 Å². The summed E-state index contributed by atoms with van der Waals surface area (Å²) in [6.07, 6.45) is 5.10. The van der Waals surface area contributed by atoms with Crippen LogP contribution < -0.4 is 0 Å². The molecule has 1 unspecified atom stereocenters. The van der Waals surface area contributed by atoms with Gasteiger partial charge in [-0.05, 0) is 32.6 Å². The Bertz CT molecular complexity index is 625. The first-order chi connectivity index (χ1) is 11.0. The highest BCUT2D eigenvalue weighted by Gasteiger charge is 2.37. The minimum absolute atomic E-state index is 0.00158. The van der Waals surface area contributed by atoms with Crippen LogP contribution >= 0.6 is 0 Å². The van der Waals surface area contributed by atoms with Crippen molar-refractivity contribution in [3.8, 4) is 0 Å². The van der Waals surface area contributed by atoms with Crippen molar-refractivity contribution < 1.29 is 14.6 Å². The molecule has 1 N–H and O–H groups in total. The molecule has 0 spiro atoms. The first-order valence-corrected chi connectivity index (χ1v) is 8.16. The van der Waals surface area contributed by atoms with Crippen LogP contribution in [0, 0.1) is 0 Å². The Balaban J connectivity index is 1.72. The maximum absolute atomic E-state index is 12.8. The predicted octanol–water partition coefficient (Wildman–Crippen LogP) is 0.795. The van der Waals surface area contributed by atoms with Gasteiger partial charge in [0, 0.05) is 20.0 Å². The van der Waals surface area contributed by atoms with Crippen LogP contribution in [0.15, 0.2) is 17.7 Å². The second kappa shape index (κ2) is 6.31. The number of ether oxygens (including phenoxy) is 1. The van der Waals surface area contributed by atoms with Crippen LogP contribution in [0.1, 0.15) is 38.4 Å². The number of aryl methyl sites for hydroxylation is 1. The molecular weight excluding hydrogens is 296 g/mol. The van der Waals surface area contributed by atoms with Crippen molar-refractivity contribution in [1.82, 2.24) is 19.7 Å². The molecule has 3 rings (SSSR count). The van der Waals surface area contributed by atoms with E-state index in [1.165, 1.54) is 0 Å². The molecule has 1 aromatic rings. The maximum atomic E-state index is 12.8. The molecule has 1 saturated heterocycles. The molecule has 0 radical (unpaired) electrons. The number of hydrogen-bond donors (Lipinski definition) is 1. The number of carbonyl (C=O) groups is 1. The van der Waals surface area contributed by atoms with E-state index in [1.54, 1.807) is 15.8 Å². The number of allylic oxidation sites excluding steroid dienone is 1. The predicted molar refractivity (Wildman–Crippen MR) is 83.4 cm³/mol. The van der Waals surface area contributed by atoms with Gasteiger partial charge in [0.1, 0.15) is 17.9 Å². The third-order valence-electron chi connectivity index (χ3n) is 4.71. The zero-order chi connectivity index (χ0) is 16.4. The first-order valence-electron chi connectivity index (χ1n) is 8.16. The standard InChI is InChI=1S/C16H24N4O3/c1-12-13(5-3-8-23-12)15(21)20-7-4-6-16(22,10-20)9-14-18-17-11-19(14)2/h11,22H,3-10H2,1-2H3. The summed E-state index contributed by atoms with van der Waals surface area (Å²) < 4.78 is 7.31. The summed E-state index contributed by atoms with van der Waals surface area (Å²) >= 11 is 0. The Morgan fingerprint density at radius 1 is 1.48 bits per heavy atom. The van der Waals surface area contributed by atoms with Gasteiger partial charge in [-0.15, -0.1) is 10.2 Å². The lowest BCUT2D eigenvalue weighted by Gasteiger charge is -2.39. The molecule has 1 atom stereocenters. The molecule has 7 nitrogen and oxygen atoms in total. The molecule has 7 heteroatoms. The van der Waals surface area contributed by atoms with Crippen molar-refractivity contribution in [1.29, 1.82) is 0 Å². The summed E-state index contributed by atoms with van der Waals surface area (Å²) in [4.78, 5) is 14.5. The van der Waals surface area contributed by atoms with Gasteiger partial charge in [-0.1, -0.05) is 0 Å². The normalized spacial score (nSPS) is 25.4. The number of piperidine rings is 1. The summed E-state index contributed by atoms with van der Waals surface area (Å²) in [6.45, 7) is 3.53. The number of amides is 1. The van der Waals surface area contributed by atoms with Crippen molar-refractivity contribution in [2.45, 2.75) is 44.6 Å². The fourth-order valence-electron chi connectivity index (χ4n) is 3.38. The van der Waals surface area contributed by atoms with Gasteiger partial charge in [0.25, 0.3) is 5.91 Å². The smallest absolute Gasteiger partial charge is 0.253 e. The van der Waals surface area contributed by atoms with E-state index < -0.39 is 5.60 Å². The number of carbonyl (C=O) groups excluding carboxylic acids is 1. The van der Waals surface area contributed by atoms with E-state index in [0.29, 0.717) is 32.5 Å². The zero-order valence-electron chi connectivity index (χ0n) is 13.8. The molecule has 2 aliphatic rings. The van der Waals surface area contributed by atoms with Crippen molar-refractivity contribution in [3.63, 3.8) is 0 Å². The minimum atomic E-state index is -0.946. The van der Waals surface area contributed by atoms with Crippen molar-refractivity contribution in [3.05, 3.63) is 23.5 Å². The number of nitrogens with zero attached hydrogens (tertiary/aromatic N) is 4. The number of aromatic nitrogens is 3. The summed E-state index contributed by atoms with van der Waals surface area (Å²) in [5.74, 6) is 1.46. The Kier molecular flexibility index (Phi) is 4.39. The number of β-amino-alcohol motifs (C(OH)–C–C–N with tert-alkyl or cyclic N) is 1. The Morgan fingerprint density at radius 2 is 2.30 bits per heavy atom. The summed E-state index contributed by atoms with van der Waals surface area (Å²) in [6, 6.07) is 0.